The first-order valence-corrected chi connectivity index (χ1v) is 6.70. The van der Waals surface area contributed by atoms with Crippen LogP contribution in [0.25, 0.3) is 22.3 Å². The molecule has 0 saturated heterocycles. The van der Waals surface area contributed by atoms with Gasteiger partial charge in [-0.3, -0.25) is 4.79 Å². The molecule has 1 N–H and O–H groups in total. The summed E-state index contributed by atoms with van der Waals surface area (Å²) in [5.74, 6) is 0.505. The lowest BCUT2D eigenvalue weighted by Crippen LogP contribution is -2.05. The molecular formula is C16H14N4O. The molecule has 0 aliphatic heterocycles. The summed E-state index contributed by atoms with van der Waals surface area (Å²) in [6.07, 6.45) is 3.34. The van der Waals surface area contributed by atoms with E-state index < -0.39 is 0 Å². The molecule has 0 atom stereocenters. The van der Waals surface area contributed by atoms with Crippen LogP contribution in [0.15, 0.2) is 41.5 Å². The molecule has 0 spiro atoms. The first kappa shape index (κ1) is 13.1. The highest BCUT2D eigenvalue weighted by molar-refractivity contribution is 5.89. The predicted molar refractivity (Wildman–Crippen MR) is 80.9 cm³/mol. The Morgan fingerprint density at radius 3 is 2.81 bits per heavy atom. The van der Waals surface area contributed by atoms with Gasteiger partial charge in [0.1, 0.15) is 11.9 Å². The van der Waals surface area contributed by atoms with Crippen molar-refractivity contribution < 1.29 is 0 Å². The van der Waals surface area contributed by atoms with Gasteiger partial charge in [-0.15, -0.1) is 0 Å². The third-order valence-corrected chi connectivity index (χ3v) is 3.45. The lowest BCUT2D eigenvalue weighted by atomic mass is 10.1. The molecule has 104 valence electrons. The van der Waals surface area contributed by atoms with Crippen LogP contribution < -0.4 is 5.56 Å². The molecule has 3 rings (SSSR count). The monoisotopic (exact) mass is 278 g/mol. The Labute approximate surface area is 121 Å². The van der Waals surface area contributed by atoms with Crippen LogP contribution in [-0.4, -0.2) is 14.5 Å². The molecule has 1 aromatic carbocycles. The van der Waals surface area contributed by atoms with E-state index in [9.17, 15) is 10.1 Å². The van der Waals surface area contributed by atoms with Gasteiger partial charge in [0.25, 0.3) is 5.56 Å². The van der Waals surface area contributed by atoms with Gasteiger partial charge in [0.05, 0.1) is 5.56 Å². The van der Waals surface area contributed by atoms with Gasteiger partial charge in [-0.1, -0.05) is 0 Å². The highest BCUT2D eigenvalue weighted by Crippen LogP contribution is 2.27. The predicted octanol–water partition coefficient (Wildman–Crippen LogP) is 2.84. The Morgan fingerprint density at radius 1 is 1.33 bits per heavy atom. The van der Waals surface area contributed by atoms with Crippen molar-refractivity contribution in [2.24, 2.45) is 0 Å². The zero-order chi connectivity index (χ0) is 15.0. The summed E-state index contributed by atoms with van der Waals surface area (Å²) in [6.45, 7) is 4.15. The van der Waals surface area contributed by atoms with E-state index in [1.807, 2.05) is 24.4 Å². The minimum atomic E-state index is -0.194. The summed E-state index contributed by atoms with van der Waals surface area (Å²) in [5, 5.41) is 10.2. The maximum atomic E-state index is 11.4. The summed E-state index contributed by atoms with van der Waals surface area (Å²) >= 11 is 0. The number of aromatic nitrogens is 3. The summed E-state index contributed by atoms with van der Waals surface area (Å²) in [4.78, 5) is 18.3. The van der Waals surface area contributed by atoms with Gasteiger partial charge in [0.2, 0.25) is 0 Å². The average Bonchev–Trinajstić information content (AvgIpc) is 2.85. The van der Waals surface area contributed by atoms with Crippen molar-refractivity contribution >= 4 is 10.9 Å². The second-order valence-corrected chi connectivity index (χ2v) is 5.17. The van der Waals surface area contributed by atoms with E-state index in [4.69, 9.17) is 0 Å². The van der Waals surface area contributed by atoms with Crippen molar-refractivity contribution in [1.29, 1.82) is 5.26 Å². The SMILES string of the molecule is CC(C)n1cc(C#N)c2cc(-c3nccc(=O)[nH]3)ccc21. The summed E-state index contributed by atoms with van der Waals surface area (Å²) in [5.41, 5.74) is 2.22. The number of aromatic amines is 1. The van der Waals surface area contributed by atoms with E-state index in [2.05, 4.69) is 34.5 Å². The number of H-pyrrole nitrogens is 1. The lowest BCUT2D eigenvalue weighted by Gasteiger charge is -2.09. The zero-order valence-electron chi connectivity index (χ0n) is 11.8. The van der Waals surface area contributed by atoms with Crippen molar-refractivity contribution in [2.45, 2.75) is 19.9 Å². The topological polar surface area (TPSA) is 74.5 Å². The van der Waals surface area contributed by atoms with E-state index in [0.29, 0.717) is 11.4 Å². The quantitative estimate of drug-likeness (QED) is 0.783. The van der Waals surface area contributed by atoms with Crippen LogP contribution in [0.3, 0.4) is 0 Å². The number of nitriles is 1. The minimum absolute atomic E-state index is 0.194. The highest BCUT2D eigenvalue weighted by Gasteiger charge is 2.12. The molecule has 0 amide bonds. The first-order chi connectivity index (χ1) is 10.1. The molecule has 0 fully saturated rings. The average molecular weight is 278 g/mol. The third-order valence-electron chi connectivity index (χ3n) is 3.45. The molecule has 0 unspecified atom stereocenters. The van der Waals surface area contributed by atoms with Crippen LogP contribution in [0, 0.1) is 11.3 Å². The molecular weight excluding hydrogens is 264 g/mol. The fourth-order valence-electron chi connectivity index (χ4n) is 2.44. The summed E-state index contributed by atoms with van der Waals surface area (Å²) < 4.78 is 2.07. The molecule has 5 nitrogen and oxygen atoms in total. The molecule has 5 heteroatoms. The smallest absolute Gasteiger partial charge is 0.251 e. The summed E-state index contributed by atoms with van der Waals surface area (Å²) in [7, 11) is 0. The molecule has 0 aliphatic carbocycles. The molecule has 21 heavy (non-hydrogen) atoms. The van der Waals surface area contributed by atoms with Crippen molar-refractivity contribution in [3.63, 3.8) is 0 Å². The second kappa shape index (κ2) is 4.91. The number of nitrogens with zero attached hydrogens (tertiary/aromatic N) is 3. The molecule has 2 heterocycles. The standard InChI is InChI=1S/C16H14N4O/c1-10(2)20-9-12(8-17)13-7-11(3-4-14(13)20)16-18-6-5-15(21)19-16/h3-7,9-10H,1-2H3,(H,18,19,21). The summed E-state index contributed by atoms with van der Waals surface area (Å²) in [6, 6.07) is 9.62. The van der Waals surface area contributed by atoms with Gasteiger partial charge >= 0.3 is 0 Å². The van der Waals surface area contributed by atoms with Crippen molar-refractivity contribution in [2.75, 3.05) is 0 Å². The molecule has 0 bridgehead atoms. The molecule has 3 aromatic rings. The van der Waals surface area contributed by atoms with Gasteiger partial charge in [-0.05, 0) is 32.0 Å². The molecule has 0 saturated carbocycles. The van der Waals surface area contributed by atoms with Crippen LogP contribution in [-0.2, 0) is 0 Å². The van der Waals surface area contributed by atoms with Gasteiger partial charge in [-0.2, -0.15) is 5.26 Å². The Hall–Kier alpha value is -2.87. The normalized spacial score (nSPS) is 11.0. The Morgan fingerprint density at radius 2 is 2.14 bits per heavy atom. The third kappa shape index (κ3) is 2.21. The second-order valence-electron chi connectivity index (χ2n) is 5.17. The van der Waals surface area contributed by atoms with Crippen LogP contribution in [0.5, 0.6) is 0 Å². The maximum absolute atomic E-state index is 11.4. The maximum Gasteiger partial charge on any atom is 0.251 e. The number of rotatable bonds is 2. The van der Waals surface area contributed by atoms with E-state index in [1.165, 1.54) is 12.3 Å². The number of hydrogen-bond acceptors (Lipinski definition) is 3. The van der Waals surface area contributed by atoms with Crippen LogP contribution >= 0.6 is 0 Å². The number of hydrogen-bond donors (Lipinski definition) is 1. The molecule has 0 radical (unpaired) electrons. The fraction of sp³-hybridized carbons (Fsp3) is 0.188. The van der Waals surface area contributed by atoms with Crippen LogP contribution in [0.2, 0.25) is 0 Å². The largest absolute Gasteiger partial charge is 0.344 e. The minimum Gasteiger partial charge on any atom is -0.344 e. The first-order valence-electron chi connectivity index (χ1n) is 6.70. The van der Waals surface area contributed by atoms with E-state index in [-0.39, 0.29) is 11.6 Å². The van der Waals surface area contributed by atoms with E-state index in [0.717, 1.165) is 16.5 Å². The van der Waals surface area contributed by atoms with E-state index >= 15 is 0 Å². The highest BCUT2D eigenvalue weighted by atomic mass is 16.1. The van der Waals surface area contributed by atoms with Crippen molar-refractivity contribution in [3.8, 4) is 17.5 Å². The number of fused-ring (bicyclic) bond motifs is 1. The molecule has 2 aromatic heterocycles. The van der Waals surface area contributed by atoms with Crippen LogP contribution in [0.1, 0.15) is 25.5 Å². The van der Waals surface area contributed by atoms with Gasteiger partial charge in [0.15, 0.2) is 0 Å². The zero-order valence-corrected chi connectivity index (χ0v) is 11.8. The van der Waals surface area contributed by atoms with Crippen LogP contribution in [0.4, 0.5) is 0 Å². The van der Waals surface area contributed by atoms with Crippen molar-refractivity contribution in [3.05, 3.63) is 52.6 Å². The number of benzene rings is 1. The molecule has 0 aliphatic rings. The van der Waals surface area contributed by atoms with Crippen molar-refractivity contribution in [1.82, 2.24) is 14.5 Å². The van der Waals surface area contributed by atoms with E-state index in [1.54, 1.807) is 0 Å². The Bertz CT molecular complexity index is 912. The van der Waals surface area contributed by atoms with Gasteiger partial charge in [0, 0.05) is 41.0 Å². The Kier molecular flexibility index (Phi) is 3.07. The van der Waals surface area contributed by atoms with Gasteiger partial charge < -0.3 is 9.55 Å². The Balaban J connectivity index is 2.25. The van der Waals surface area contributed by atoms with Gasteiger partial charge in [-0.25, -0.2) is 4.98 Å². The lowest BCUT2D eigenvalue weighted by molar-refractivity contribution is 0.622. The number of nitrogens with one attached hydrogen (secondary N) is 1. The fourth-order valence-corrected chi connectivity index (χ4v) is 2.44.